The molecule has 3 saturated heterocycles. The van der Waals surface area contributed by atoms with Crippen molar-refractivity contribution < 1.29 is 19.4 Å². The maximum absolute atomic E-state index is 12.5. The van der Waals surface area contributed by atoms with E-state index in [4.69, 9.17) is 4.74 Å². The normalized spacial score (nSPS) is 25.8. The van der Waals surface area contributed by atoms with Gasteiger partial charge in [-0.3, -0.25) is 14.6 Å². The number of hydrogen-bond donors (Lipinski definition) is 3. The molecule has 3 aliphatic heterocycles. The highest BCUT2D eigenvalue weighted by atomic mass is 16.5. The van der Waals surface area contributed by atoms with Crippen molar-refractivity contribution in [2.45, 2.75) is 43.9 Å². The Kier molecular flexibility index (Phi) is 7.39. The Labute approximate surface area is 155 Å². The van der Waals surface area contributed by atoms with Crippen LogP contribution in [0.25, 0.3) is 0 Å². The SMILES string of the molecule is O=C(O)C(OC1CCNCC1)C(=O)CN1CCN(C2CCNCC2)CC1. The number of carbonyl (C=O) groups is 2. The van der Waals surface area contributed by atoms with Gasteiger partial charge in [0, 0.05) is 32.2 Å². The van der Waals surface area contributed by atoms with Crippen LogP contribution < -0.4 is 10.6 Å². The number of carboxylic acids is 1. The van der Waals surface area contributed by atoms with Crippen LogP contribution in [0.1, 0.15) is 25.7 Å². The van der Waals surface area contributed by atoms with Gasteiger partial charge in [-0.15, -0.1) is 0 Å². The van der Waals surface area contributed by atoms with Crippen molar-refractivity contribution in [1.82, 2.24) is 20.4 Å². The van der Waals surface area contributed by atoms with E-state index in [1.54, 1.807) is 0 Å². The molecule has 0 spiro atoms. The van der Waals surface area contributed by atoms with Crippen LogP contribution >= 0.6 is 0 Å². The number of rotatable bonds is 7. The maximum atomic E-state index is 12.5. The minimum Gasteiger partial charge on any atom is -0.479 e. The van der Waals surface area contributed by atoms with Crippen molar-refractivity contribution >= 4 is 11.8 Å². The molecular formula is C18H32N4O4. The molecular weight excluding hydrogens is 336 g/mol. The van der Waals surface area contributed by atoms with Crippen molar-refractivity contribution in [3.63, 3.8) is 0 Å². The number of nitrogens with one attached hydrogen (secondary N) is 2. The summed E-state index contributed by atoms with van der Waals surface area (Å²) in [6.07, 6.45) is 2.41. The molecule has 0 saturated carbocycles. The number of aliphatic carboxylic acids is 1. The highest BCUT2D eigenvalue weighted by molar-refractivity contribution is 6.02. The number of hydrogen-bond acceptors (Lipinski definition) is 7. The topological polar surface area (TPSA) is 94.1 Å². The molecule has 1 atom stereocenters. The van der Waals surface area contributed by atoms with E-state index >= 15 is 0 Å². The maximum Gasteiger partial charge on any atom is 0.340 e. The number of ketones is 1. The molecule has 1 unspecified atom stereocenters. The van der Waals surface area contributed by atoms with Crippen LogP contribution in [0.15, 0.2) is 0 Å². The van der Waals surface area contributed by atoms with Gasteiger partial charge in [-0.2, -0.15) is 0 Å². The van der Waals surface area contributed by atoms with Crippen LogP contribution in [0.5, 0.6) is 0 Å². The molecule has 0 amide bonds. The first-order chi connectivity index (χ1) is 12.6. The van der Waals surface area contributed by atoms with Gasteiger partial charge in [-0.05, 0) is 51.9 Å². The number of carboxylic acid groups (broad SMARTS) is 1. The van der Waals surface area contributed by atoms with Crippen molar-refractivity contribution in [2.75, 3.05) is 58.9 Å². The largest absolute Gasteiger partial charge is 0.479 e. The van der Waals surface area contributed by atoms with Crippen molar-refractivity contribution in [3.05, 3.63) is 0 Å². The molecule has 8 heteroatoms. The Hall–Kier alpha value is -1.06. The Morgan fingerprint density at radius 2 is 1.54 bits per heavy atom. The van der Waals surface area contributed by atoms with E-state index in [9.17, 15) is 14.7 Å². The summed E-state index contributed by atoms with van der Waals surface area (Å²) in [6.45, 7) is 7.48. The summed E-state index contributed by atoms with van der Waals surface area (Å²) in [4.78, 5) is 28.6. The second-order valence-electron chi connectivity index (χ2n) is 7.56. The molecule has 0 aromatic carbocycles. The van der Waals surface area contributed by atoms with E-state index in [-0.39, 0.29) is 18.4 Å². The van der Waals surface area contributed by atoms with Crippen LogP contribution in [0, 0.1) is 0 Å². The summed E-state index contributed by atoms with van der Waals surface area (Å²) in [5, 5.41) is 16.0. The number of piperidine rings is 2. The van der Waals surface area contributed by atoms with Crippen LogP contribution in [-0.4, -0.2) is 104 Å². The van der Waals surface area contributed by atoms with Crippen LogP contribution in [0.3, 0.4) is 0 Å². The van der Waals surface area contributed by atoms with Crippen LogP contribution in [0.2, 0.25) is 0 Å². The Balaban J connectivity index is 1.44. The molecule has 148 valence electrons. The zero-order valence-corrected chi connectivity index (χ0v) is 15.5. The third-order valence-electron chi connectivity index (χ3n) is 5.74. The summed E-state index contributed by atoms with van der Waals surface area (Å²) in [5.74, 6) is -1.49. The van der Waals surface area contributed by atoms with Gasteiger partial charge in [0.25, 0.3) is 0 Å². The average Bonchev–Trinajstić information content (AvgIpc) is 2.68. The quantitative estimate of drug-likeness (QED) is 0.500. The molecule has 3 N–H and O–H groups in total. The minimum atomic E-state index is -1.33. The lowest BCUT2D eigenvalue weighted by Crippen LogP contribution is -2.54. The van der Waals surface area contributed by atoms with E-state index < -0.39 is 12.1 Å². The fourth-order valence-corrected chi connectivity index (χ4v) is 4.16. The second-order valence-corrected chi connectivity index (χ2v) is 7.56. The van der Waals surface area contributed by atoms with Crippen molar-refractivity contribution in [2.24, 2.45) is 0 Å². The first-order valence-corrected chi connectivity index (χ1v) is 9.92. The van der Waals surface area contributed by atoms with Gasteiger partial charge >= 0.3 is 5.97 Å². The minimum absolute atomic E-state index is 0.141. The lowest BCUT2D eigenvalue weighted by Gasteiger charge is -2.40. The first kappa shape index (κ1) is 19.7. The molecule has 3 fully saturated rings. The number of Topliss-reactive ketones (excluding diaryl/α,β-unsaturated/α-hetero) is 1. The van der Waals surface area contributed by atoms with Gasteiger partial charge in [0.2, 0.25) is 6.10 Å². The second kappa shape index (κ2) is 9.75. The van der Waals surface area contributed by atoms with Gasteiger partial charge < -0.3 is 20.5 Å². The molecule has 8 nitrogen and oxygen atoms in total. The predicted molar refractivity (Wildman–Crippen MR) is 97.3 cm³/mol. The van der Waals surface area contributed by atoms with Gasteiger partial charge in [0.1, 0.15) is 0 Å². The first-order valence-electron chi connectivity index (χ1n) is 9.92. The smallest absolute Gasteiger partial charge is 0.340 e. The van der Waals surface area contributed by atoms with E-state index in [0.717, 1.165) is 65.2 Å². The molecule has 0 aromatic rings. The third kappa shape index (κ3) is 5.47. The number of nitrogens with zero attached hydrogens (tertiary/aromatic N) is 2. The summed E-state index contributed by atoms with van der Waals surface area (Å²) in [7, 11) is 0. The molecule has 0 aliphatic carbocycles. The van der Waals surface area contributed by atoms with Gasteiger partial charge in [0.15, 0.2) is 5.78 Å². The zero-order chi connectivity index (χ0) is 18.4. The Morgan fingerprint density at radius 1 is 0.962 bits per heavy atom. The fraction of sp³-hybridized carbons (Fsp3) is 0.889. The number of carbonyl (C=O) groups excluding carboxylic acids is 1. The third-order valence-corrected chi connectivity index (χ3v) is 5.74. The van der Waals surface area contributed by atoms with Gasteiger partial charge in [0.05, 0.1) is 12.6 Å². The Morgan fingerprint density at radius 3 is 2.12 bits per heavy atom. The summed E-state index contributed by atoms with van der Waals surface area (Å²) < 4.78 is 5.64. The molecule has 3 rings (SSSR count). The summed E-state index contributed by atoms with van der Waals surface area (Å²) in [5.41, 5.74) is 0. The highest BCUT2D eigenvalue weighted by Gasteiger charge is 2.33. The lowest BCUT2D eigenvalue weighted by molar-refractivity contribution is -0.162. The molecule has 3 aliphatic rings. The highest BCUT2D eigenvalue weighted by Crippen LogP contribution is 2.15. The lowest BCUT2D eigenvalue weighted by atomic mass is 10.0. The van der Waals surface area contributed by atoms with E-state index in [1.807, 2.05) is 0 Å². The molecule has 0 aromatic heterocycles. The van der Waals surface area contributed by atoms with E-state index in [1.165, 1.54) is 12.8 Å². The summed E-state index contributed by atoms with van der Waals surface area (Å²) >= 11 is 0. The van der Waals surface area contributed by atoms with Crippen molar-refractivity contribution in [3.8, 4) is 0 Å². The van der Waals surface area contributed by atoms with E-state index in [2.05, 4.69) is 20.4 Å². The predicted octanol–water partition coefficient (Wildman–Crippen LogP) is -0.853. The van der Waals surface area contributed by atoms with Gasteiger partial charge in [-0.1, -0.05) is 0 Å². The molecule has 26 heavy (non-hydrogen) atoms. The van der Waals surface area contributed by atoms with E-state index in [0.29, 0.717) is 6.04 Å². The average molecular weight is 368 g/mol. The fourth-order valence-electron chi connectivity index (χ4n) is 4.16. The standard InChI is InChI=1S/C18H32N4O4/c23-16(17(18(24)25)26-15-3-7-20-8-4-15)13-21-9-11-22(12-10-21)14-1-5-19-6-2-14/h14-15,17,19-20H,1-13H2,(H,24,25). The molecule has 0 bridgehead atoms. The van der Waals surface area contributed by atoms with Crippen LogP contribution in [-0.2, 0) is 14.3 Å². The molecule has 0 radical (unpaired) electrons. The number of ether oxygens (including phenoxy) is 1. The summed E-state index contributed by atoms with van der Waals surface area (Å²) in [6, 6.07) is 0.643. The Bertz CT molecular complexity index is 470. The number of piperazine rings is 1. The van der Waals surface area contributed by atoms with Crippen molar-refractivity contribution in [1.29, 1.82) is 0 Å². The van der Waals surface area contributed by atoms with Crippen LogP contribution in [0.4, 0.5) is 0 Å². The van der Waals surface area contributed by atoms with Gasteiger partial charge in [-0.25, -0.2) is 4.79 Å². The monoisotopic (exact) mass is 368 g/mol. The molecule has 3 heterocycles. The zero-order valence-electron chi connectivity index (χ0n) is 15.5.